The minimum Gasteiger partial charge on any atom is -0.377 e. The maximum atomic E-state index is 12.5. The molecule has 1 aromatic heterocycles. The highest BCUT2D eigenvalue weighted by atomic mass is 16.6. The smallest absolute Gasteiger partial charge is 0.278 e. The number of carbonyl (C=O) groups is 1. The third-order valence-corrected chi connectivity index (χ3v) is 3.53. The van der Waals surface area contributed by atoms with Gasteiger partial charge < -0.3 is 15.0 Å². The van der Waals surface area contributed by atoms with Crippen LogP contribution in [0.2, 0.25) is 0 Å². The van der Waals surface area contributed by atoms with E-state index in [1.807, 2.05) is 4.90 Å². The Morgan fingerprint density at radius 1 is 1.39 bits per heavy atom. The molecule has 2 saturated heterocycles. The number of nitrogens with one attached hydrogen (secondary N) is 1. The average Bonchev–Trinajstić information content (AvgIpc) is 2.75. The molecule has 0 radical (unpaired) electrons. The van der Waals surface area contributed by atoms with Crippen LogP contribution >= 0.6 is 0 Å². The van der Waals surface area contributed by atoms with Gasteiger partial charge in [0.2, 0.25) is 0 Å². The molecule has 0 aromatic carbocycles. The lowest BCUT2D eigenvalue weighted by molar-refractivity contribution is -0.0302. The predicted molar refractivity (Wildman–Crippen MR) is 61.1 cm³/mol. The second-order valence-corrected chi connectivity index (χ2v) is 4.75. The van der Waals surface area contributed by atoms with Gasteiger partial charge in [-0.15, -0.1) is 0 Å². The topological polar surface area (TPSA) is 80.5 Å². The van der Waals surface area contributed by atoms with Crippen LogP contribution in [0.4, 0.5) is 0 Å². The number of ether oxygens (including phenoxy) is 1. The fourth-order valence-electron chi connectivity index (χ4n) is 2.60. The molecule has 2 bridgehead atoms. The summed E-state index contributed by atoms with van der Waals surface area (Å²) in [6, 6.07) is 0.178. The third-order valence-electron chi connectivity index (χ3n) is 3.53. The van der Waals surface area contributed by atoms with Crippen molar-refractivity contribution < 1.29 is 14.2 Å². The number of nitrogens with zero attached hydrogens (tertiary/aromatic N) is 3. The van der Waals surface area contributed by atoms with Gasteiger partial charge in [0, 0.05) is 6.54 Å². The Bertz CT molecular complexity index is 433. The van der Waals surface area contributed by atoms with Crippen molar-refractivity contribution in [2.45, 2.75) is 25.4 Å². The van der Waals surface area contributed by atoms with Crippen LogP contribution in [-0.2, 0) is 4.74 Å². The van der Waals surface area contributed by atoms with Gasteiger partial charge in [0.25, 0.3) is 5.91 Å². The number of hydrogen-bond donors (Lipinski definition) is 1. The molecule has 3 heterocycles. The average molecular weight is 252 g/mol. The maximum Gasteiger partial charge on any atom is 0.278 e. The van der Waals surface area contributed by atoms with E-state index in [0.717, 1.165) is 19.5 Å². The zero-order chi connectivity index (χ0) is 12.5. The van der Waals surface area contributed by atoms with Crippen molar-refractivity contribution in [1.29, 1.82) is 0 Å². The molecule has 18 heavy (non-hydrogen) atoms. The Hall–Kier alpha value is -1.47. The van der Waals surface area contributed by atoms with Crippen molar-refractivity contribution in [3.63, 3.8) is 0 Å². The maximum absolute atomic E-state index is 12.5. The van der Waals surface area contributed by atoms with E-state index in [-0.39, 0.29) is 18.0 Å². The quantitative estimate of drug-likeness (QED) is 0.731. The molecule has 7 heteroatoms. The summed E-state index contributed by atoms with van der Waals surface area (Å²) in [5.41, 5.74) is 0.852. The zero-order valence-corrected chi connectivity index (χ0v) is 10.3. The molecule has 0 aliphatic carbocycles. The molecular formula is C11H16N4O3. The molecule has 1 amide bonds. The Morgan fingerprint density at radius 3 is 3.00 bits per heavy atom. The van der Waals surface area contributed by atoms with Gasteiger partial charge in [-0.05, 0) is 25.0 Å². The fraction of sp³-hybridized carbons (Fsp3) is 0.727. The molecule has 2 atom stereocenters. The van der Waals surface area contributed by atoms with Crippen LogP contribution in [0.15, 0.2) is 4.63 Å². The summed E-state index contributed by atoms with van der Waals surface area (Å²) in [5.74, 6) is -0.101. The minimum atomic E-state index is -0.101. The largest absolute Gasteiger partial charge is 0.377 e. The van der Waals surface area contributed by atoms with E-state index in [4.69, 9.17) is 4.74 Å². The molecule has 2 unspecified atom stereocenters. The van der Waals surface area contributed by atoms with Crippen molar-refractivity contribution in [2.75, 3.05) is 26.3 Å². The first-order valence-electron chi connectivity index (χ1n) is 6.17. The zero-order valence-electron chi connectivity index (χ0n) is 10.3. The summed E-state index contributed by atoms with van der Waals surface area (Å²) in [7, 11) is 0. The molecule has 3 rings (SSSR count). The molecule has 98 valence electrons. The summed E-state index contributed by atoms with van der Waals surface area (Å²) in [4.78, 5) is 14.4. The van der Waals surface area contributed by atoms with E-state index < -0.39 is 0 Å². The molecule has 2 aliphatic heterocycles. The monoisotopic (exact) mass is 252 g/mol. The van der Waals surface area contributed by atoms with Crippen molar-refractivity contribution >= 4 is 5.91 Å². The summed E-state index contributed by atoms with van der Waals surface area (Å²) < 4.78 is 10.2. The van der Waals surface area contributed by atoms with Gasteiger partial charge in [-0.1, -0.05) is 5.16 Å². The van der Waals surface area contributed by atoms with Crippen molar-refractivity contribution in [2.24, 2.45) is 0 Å². The van der Waals surface area contributed by atoms with Gasteiger partial charge in [-0.25, -0.2) is 4.63 Å². The normalized spacial score (nSPS) is 27.9. The second kappa shape index (κ2) is 4.66. The van der Waals surface area contributed by atoms with Crippen molar-refractivity contribution in [3.05, 3.63) is 11.4 Å². The van der Waals surface area contributed by atoms with E-state index in [2.05, 4.69) is 20.3 Å². The molecular weight excluding hydrogens is 236 g/mol. The number of rotatable bonds is 1. The highest BCUT2D eigenvalue weighted by Crippen LogP contribution is 2.21. The third kappa shape index (κ3) is 1.89. The van der Waals surface area contributed by atoms with E-state index in [0.29, 0.717) is 24.6 Å². The highest BCUT2D eigenvalue weighted by Gasteiger charge is 2.38. The fourth-order valence-corrected chi connectivity index (χ4v) is 2.60. The van der Waals surface area contributed by atoms with Crippen LogP contribution < -0.4 is 5.32 Å². The number of aromatic nitrogens is 2. The lowest BCUT2D eigenvalue weighted by Crippen LogP contribution is -2.56. The van der Waals surface area contributed by atoms with Crippen LogP contribution in [-0.4, -0.2) is 59.5 Å². The number of morpholine rings is 1. The number of aryl methyl sites for hydroxylation is 1. The Kier molecular flexibility index (Phi) is 3.00. The van der Waals surface area contributed by atoms with Crippen LogP contribution in [0.25, 0.3) is 0 Å². The van der Waals surface area contributed by atoms with Gasteiger partial charge in [-0.2, -0.15) is 0 Å². The summed E-state index contributed by atoms with van der Waals surface area (Å²) in [5, 5.41) is 10.7. The Morgan fingerprint density at radius 2 is 2.22 bits per heavy atom. The number of carbonyl (C=O) groups excluding carboxylic acids is 1. The Balaban J connectivity index is 1.89. The SMILES string of the molecule is Cc1nonc1C(=O)N1C2CCNCC1COC2. The lowest BCUT2D eigenvalue weighted by atomic mass is 10.1. The van der Waals surface area contributed by atoms with Crippen LogP contribution in [0, 0.1) is 6.92 Å². The highest BCUT2D eigenvalue weighted by molar-refractivity contribution is 5.93. The van der Waals surface area contributed by atoms with Gasteiger partial charge in [0.15, 0.2) is 5.69 Å². The van der Waals surface area contributed by atoms with Crippen molar-refractivity contribution in [3.8, 4) is 0 Å². The number of hydrogen-bond acceptors (Lipinski definition) is 6. The Labute approximate surface area is 104 Å². The first-order chi connectivity index (χ1) is 8.77. The molecule has 0 spiro atoms. The molecule has 1 N–H and O–H groups in total. The predicted octanol–water partition coefficient (Wildman–Crippen LogP) is -0.419. The second-order valence-electron chi connectivity index (χ2n) is 4.75. The van der Waals surface area contributed by atoms with E-state index in [1.54, 1.807) is 6.92 Å². The molecule has 7 nitrogen and oxygen atoms in total. The minimum absolute atomic E-state index is 0.0647. The molecule has 0 saturated carbocycles. The van der Waals surface area contributed by atoms with Crippen LogP contribution in [0.3, 0.4) is 0 Å². The number of amides is 1. The van der Waals surface area contributed by atoms with Crippen LogP contribution in [0.1, 0.15) is 22.6 Å². The first-order valence-corrected chi connectivity index (χ1v) is 6.17. The van der Waals surface area contributed by atoms with Gasteiger partial charge >= 0.3 is 0 Å². The molecule has 2 aliphatic rings. The number of fused-ring (bicyclic) bond motifs is 2. The van der Waals surface area contributed by atoms with E-state index in [1.165, 1.54) is 0 Å². The van der Waals surface area contributed by atoms with Crippen molar-refractivity contribution in [1.82, 2.24) is 20.5 Å². The van der Waals surface area contributed by atoms with E-state index >= 15 is 0 Å². The van der Waals surface area contributed by atoms with Gasteiger partial charge in [0.1, 0.15) is 5.69 Å². The summed E-state index contributed by atoms with van der Waals surface area (Å²) in [6.07, 6.45) is 0.895. The summed E-state index contributed by atoms with van der Waals surface area (Å²) >= 11 is 0. The van der Waals surface area contributed by atoms with E-state index in [9.17, 15) is 4.79 Å². The van der Waals surface area contributed by atoms with Gasteiger partial charge in [0.05, 0.1) is 25.3 Å². The lowest BCUT2D eigenvalue weighted by Gasteiger charge is -2.39. The summed E-state index contributed by atoms with van der Waals surface area (Å²) in [6.45, 7) is 4.55. The molecule has 2 fully saturated rings. The van der Waals surface area contributed by atoms with Crippen LogP contribution in [0.5, 0.6) is 0 Å². The van der Waals surface area contributed by atoms with Gasteiger partial charge in [-0.3, -0.25) is 4.79 Å². The molecule has 1 aromatic rings. The first kappa shape index (κ1) is 11.6. The standard InChI is InChI=1S/C11H16N4O3/c1-7-10(14-18-13-7)11(16)15-8-2-3-12-4-9(15)6-17-5-8/h8-9,12H,2-6H2,1H3.